The van der Waals surface area contributed by atoms with Crippen molar-refractivity contribution in [3.8, 4) is 0 Å². The second kappa shape index (κ2) is 13.7. The van der Waals surface area contributed by atoms with Gasteiger partial charge in [-0.25, -0.2) is 4.79 Å². The summed E-state index contributed by atoms with van der Waals surface area (Å²) in [7, 11) is 0. The van der Waals surface area contributed by atoms with Gasteiger partial charge < -0.3 is 26.8 Å². The predicted octanol–water partition coefficient (Wildman–Crippen LogP) is 1.45. The van der Waals surface area contributed by atoms with Gasteiger partial charge in [-0.05, 0) is 36.2 Å². The number of nitrogens with two attached hydrogens (primary N) is 1. The number of rotatable bonds is 13. The Morgan fingerprint density at radius 3 is 1.79 bits per heavy atom. The molecular formula is C25H40N4O5. The van der Waals surface area contributed by atoms with E-state index in [4.69, 9.17) is 5.73 Å². The Morgan fingerprint density at radius 1 is 0.794 bits per heavy atom. The van der Waals surface area contributed by atoms with Crippen LogP contribution in [0.2, 0.25) is 0 Å². The number of amides is 3. The van der Waals surface area contributed by atoms with Crippen LogP contribution in [-0.2, 0) is 25.6 Å². The molecule has 1 aromatic rings. The fourth-order valence-electron chi connectivity index (χ4n) is 3.49. The summed E-state index contributed by atoms with van der Waals surface area (Å²) in [6, 6.07) is 5.59. The average Bonchev–Trinajstić information content (AvgIpc) is 2.74. The van der Waals surface area contributed by atoms with Crippen LogP contribution in [0.4, 0.5) is 0 Å². The molecule has 0 spiro atoms. The first kappa shape index (κ1) is 29.1. The van der Waals surface area contributed by atoms with Crippen molar-refractivity contribution >= 4 is 23.7 Å². The molecule has 0 bridgehead atoms. The van der Waals surface area contributed by atoms with Crippen LogP contribution in [0.15, 0.2) is 30.3 Å². The fourth-order valence-corrected chi connectivity index (χ4v) is 3.49. The number of nitrogens with one attached hydrogen (secondary N) is 3. The molecule has 0 heterocycles. The third-order valence-electron chi connectivity index (χ3n) is 5.45. The molecule has 4 atom stereocenters. The Bertz CT molecular complexity index is 826. The van der Waals surface area contributed by atoms with Crippen LogP contribution < -0.4 is 21.7 Å². The van der Waals surface area contributed by atoms with E-state index in [9.17, 15) is 24.3 Å². The van der Waals surface area contributed by atoms with Gasteiger partial charge in [0.1, 0.15) is 18.1 Å². The Hall–Kier alpha value is -2.94. The number of carbonyl (C=O) groups excluding carboxylic acids is 3. The van der Waals surface area contributed by atoms with E-state index in [-0.39, 0.29) is 17.8 Å². The van der Waals surface area contributed by atoms with Gasteiger partial charge in [0, 0.05) is 0 Å². The first-order valence-electron chi connectivity index (χ1n) is 11.8. The van der Waals surface area contributed by atoms with Crippen LogP contribution in [0.5, 0.6) is 0 Å². The van der Waals surface area contributed by atoms with E-state index in [0.717, 1.165) is 5.56 Å². The normalized spacial score (nSPS) is 14.9. The largest absolute Gasteiger partial charge is 0.480 e. The summed E-state index contributed by atoms with van der Waals surface area (Å²) in [5.41, 5.74) is 6.98. The van der Waals surface area contributed by atoms with Crippen LogP contribution >= 0.6 is 0 Å². The summed E-state index contributed by atoms with van der Waals surface area (Å²) >= 11 is 0. The molecule has 4 unspecified atom stereocenters. The Balaban J connectivity index is 2.92. The van der Waals surface area contributed by atoms with E-state index in [2.05, 4.69) is 16.0 Å². The van der Waals surface area contributed by atoms with Crippen molar-refractivity contribution < 1.29 is 24.3 Å². The van der Waals surface area contributed by atoms with Crippen molar-refractivity contribution in [2.45, 2.75) is 78.6 Å². The second-order valence-corrected chi connectivity index (χ2v) is 9.79. The van der Waals surface area contributed by atoms with Gasteiger partial charge >= 0.3 is 5.97 Å². The lowest BCUT2D eigenvalue weighted by Crippen LogP contribution is -2.59. The molecule has 0 aliphatic carbocycles. The maximum atomic E-state index is 13.1. The Kier molecular flexibility index (Phi) is 11.7. The molecule has 3 amide bonds. The molecule has 0 aliphatic heterocycles. The van der Waals surface area contributed by atoms with Crippen LogP contribution in [-0.4, -0.2) is 53.0 Å². The highest BCUT2D eigenvalue weighted by Crippen LogP contribution is 2.10. The third kappa shape index (κ3) is 9.51. The molecule has 190 valence electrons. The number of hydrogen-bond acceptors (Lipinski definition) is 5. The molecule has 1 rings (SSSR count). The van der Waals surface area contributed by atoms with Crippen LogP contribution in [0.25, 0.3) is 0 Å². The first-order valence-corrected chi connectivity index (χ1v) is 11.8. The summed E-state index contributed by atoms with van der Waals surface area (Å²) in [4.78, 5) is 50.1. The fraction of sp³-hybridized carbons (Fsp3) is 0.600. The highest BCUT2D eigenvalue weighted by Gasteiger charge is 2.33. The summed E-state index contributed by atoms with van der Waals surface area (Å²) in [6.07, 6.45) is 0.678. The Labute approximate surface area is 202 Å². The van der Waals surface area contributed by atoms with Gasteiger partial charge in [0.05, 0.1) is 6.04 Å². The molecule has 6 N–H and O–H groups in total. The molecule has 9 nitrogen and oxygen atoms in total. The molecule has 0 radical (unpaired) electrons. The minimum Gasteiger partial charge on any atom is -0.480 e. The van der Waals surface area contributed by atoms with E-state index in [1.54, 1.807) is 27.7 Å². The topological polar surface area (TPSA) is 151 Å². The zero-order chi connectivity index (χ0) is 26.0. The SMILES string of the molecule is CC(C)CC(NC(=O)C(N)Cc1ccccc1)C(=O)NC(C(=O)NC(C(=O)O)C(C)C)C(C)C. The minimum atomic E-state index is -1.14. The zero-order valence-corrected chi connectivity index (χ0v) is 21.0. The monoisotopic (exact) mass is 476 g/mol. The van der Waals surface area contributed by atoms with Gasteiger partial charge in [-0.1, -0.05) is 71.9 Å². The van der Waals surface area contributed by atoms with Crippen molar-refractivity contribution in [3.05, 3.63) is 35.9 Å². The van der Waals surface area contributed by atoms with Gasteiger partial charge in [0.2, 0.25) is 17.7 Å². The second-order valence-electron chi connectivity index (χ2n) is 9.79. The van der Waals surface area contributed by atoms with Gasteiger partial charge in [-0.2, -0.15) is 0 Å². The first-order chi connectivity index (χ1) is 15.8. The van der Waals surface area contributed by atoms with Crippen molar-refractivity contribution in [2.75, 3.05) is 0 Å². The number of carboxylic acid groups (broad SMARTS) is 1. The number of carbonyl (C=O) groups is 4. The molecule has 34 heavy (non-hydrogen) atoms. The van der Waals surface area contributed by atoms with E-state index in [0.29, 0.717) is 12.8 Å². The van der Waals surface area contributed by atoms with Crippen molar-refractivity contribution in [1.29, 1.82) is 0 Å². The summed E-state index contributed by atoms with van der Waals surface area (Å²) in [5, 5.41) is 17.3. The number of aliphatic carboxylic acids is 1. The van der Waals surface area contributed by atoms with Crippen LogP contribution in [0, 0.1) is 17.8 Å². The maximum absolute atomic E-state index is 13.1. The molecule has 1 aromatic carbocycles. The van der Waals surface area contributed by atoms with Gasteiger partial charge in [-0.3, -0.25) is 14.4 Å². The number of benzene rings is 1. The standard InChI is InChI=1S/C25H40N4O5/c1-14(2)12-19(27-22(30)18(26)13-17-10-8-7-9-11-17)23(31)28-20(15(3)4)24(32)29-21(16(5)6)25(33)34/h7-11,14-16,18-21H,12-13,26H2,1-6H3,(H,27,30)(H,28,31)(H,29,32)(H,33,34). The number of carboxylic acids is 1. The molecule has 9 heteroatoms. The maximum Gasteiger partial charge on any atom is 0.326 e. The van der Waals surface area contributed by atoms with E-state index >= 15 is 0 Å². The van der Waals surface area contributed by atoms with Crippen molar-refractivity contribution in [1.82, 2.24) is 16.0 Å². The molecule has 0 aliphatic rings. The quantitative estimate of drug-likeness (QED) is 0.291. The summed E-state index contributed by atoms with van der Waals surface area (Å²) in [5.74, 6) is -3.25. The lowest BCUT2D eigenvalue weighted by atomic mass is 9.98. The predicted molar refractivity (Wildman–Crippen MR) is 131 cm³/mol. The summed E-state index contributed by atoms with van der Waals surface area (Å²) in [6.45, 7) is 10.7. The van der Waals surface area contributed by atoms with E-state index < -0.39 is 47.9 Å². The van der Waals surface area contributed by atoms with Crippen LogP contribution in [0.3, 0.4) is 0 Å². The third-order valence-corrected chi connectivity index (χ3v) is 5.45. The van der Waals surface area contributed by atoms with E-state index in [1.165, 1.54) is 0 Å². The van der Waals surface area contributed by atoms with E-state index in [1.807, 2.05) is 44.2 Å². The lowest BCUT2D eigenvalue weighted by molar-refractivity contribution is -0.144. The molecular weight excluding hydrogens is 436 g/mol. The Morgan fingerprint density at radius 2 is 1.32 bits per heavy atom. The van der Waals surface area contributed by atoms with Crippen LogP contribution in [0.1, 0.15) is 53.5 Å². The molecule has 0 saturated carbocycles. The highest BCUT2D eigenvalue weighted by atomic mass is 16.4. The minimum absolute atomic E-state index is 0.0880. The average molecular weight is 477 g/mol. The highest BCUT2D eigenvalue weighted by molar-refractivity contribution is 5.94. The molecule has 0 aromatic heterocycles. The zero-order valence-electron chi connectivity index (χ0n) is 21.0. The van der Waals surface area contributed by atoms with Gasteiger partial charge in [0.15, 0.2) is 0 Å². The smallest absolute Gasteiger partial charge is 0.326 e. The molecule has 0 saturated heterocycles. The molecule has 0 fully saturated rings. The van der Waals surface area contributed by atoms with Crippen molar-refractivity contribution in [2.24, 2.45) is 23.5 Å². The summed E-state index contributed by atoms with van der Waals surface area (Å²) < 4.78 is 0. The lowest BCUT2D eigenvalue weighted by Gasteiger charge is -2.28. The van der Waals surface area contributed by atoms with Crippen molar-refractivity contribution in [3.63, 3.8) is 0 Å². The van der Waals surface area contributed by atoms with Gasteiger partial charge in [-0.15, -0.1) is 0 Å². The van der Waals surface area contributed by atoms with Gasteiger partial charge in [0.25, 0.3) is 0 Å². The number of hydrogen-bond donors (Lipinski definition) is 5.